The maximum atomic E-state index is 10.8. The van der Waals surface area contributed by atoms with E-state index in [1.807, 2.05) is 0 Å². The van der Waals surface area contributed by atoms with Crippen LogP contribution in [0.25, 0.3) is 22.4 Å². The maximum Gasteiger partial charge on any atom is 0.270 e. The summed E-state index contributed by atoms with van der Waals surface area (Å²) in [6.45, 7) is 0. The van der Waals surface area contributed by atoms with Crippen molar-refractivity contribution in [3.8, 4) is 11.5 Å². The van der Waals surface area contributed by atoms with E-state index in [4.69, 9.17) is 16.3 Å². The highest BCUT2D eigenvalue weighted by molar-refractivity contribution is 7.19. The van der Waals surface area contributed by atoms with Gasteiger partial charge in [0.15, 0.2) is 11.5 Å². The molecule has 0 aliphatic heterocycles. The second kappa shape index (κ2) is 6.46. The summed E-state index contributed by atoms with van der Waals surface area (Å²) in [6, 6.07) is 7.82. The number of hydrogen-bond acceptors (Lipinski definition) is 6. The van der Waals surface area contributed by atoms with Crippen molar-refractivity contribution in [2.24, 2.45) is 0 Å². The molecule has 2 aromatic carbocycles. The van der Waals surface area contributed by atoms with Crippen LogP contribution < -0.4 is 4.74 Å². The third kappa shape index (κ3) is 3.17. The molecule has 0 aliphatic carbocycles. The average molecular weight is 363 g/mol. The molecule has 122 valence electrons. The van der Waals surface area contributed by atoms with Gasteiger partial charge in [0.25, 0.3) is 5.69 Å². The summed E-state index contributed by atoms with van der Waals surface area (Å²) in [5, 5.41) is 21.4. The summed E-state index contributed by atoms with van der Waals surface area (Å²) >= 11 is 7.30. The number of rotatable bonds is 4. The first-order chi connectivity index (χ1) is 11.5. The molecular weight excluding hydrogens is 352 g/mol. The summed E-state index contributed by atoms with van der Waals surface area (Å²) < 4.78 is 5.80. The van der Waals surface area contributed by atoms with E-state index in [2.05, 4.69) is 4.98 Å². The molecule has 0 fully saturated rings. The lowest BCUT2D eigenvalue weighted by atomic mass is 10.2. The van der Waals surface area contributed by atoms with Gasteiger partial charge in [0, 0.05) is 12.1 Å². The van der Waals surface area contributed by atoms with E-state index in [1.165, 1.54) is 30.6 Å². The largest absolute Gasteiger partial charge is 0.503 e. The fraction of sp³-hybridized carbons (Fsp3) is 0.0625. The lowest BCUT2D eigenvalue weighted by Gasteiger charge is -2.05. The van der Waals surface area contributed by atoms with Crippen LogP contribution in [0.1, 0.15) is 10.6 Å². The molecule has 0 unspecified atom stereocenters. The van der Waals surface area contributed by atoms with Gasteiger partial charge in [-0.2, -0.15) is 0 Å². The summed E-state index contributed by atoms with van der Waals surface area (Å²) in [7, 11) is 1.44. The van der Waals surface area contributed by atoms with Gasteiger partial charge in [-0.05, 0) is 29.8 Å². The second-order valence-corrected chi connectivity index (χ2v) is 6.32. The van der Waals surface area contributed by atoms with Gasteiger partial charge >= 0.3 is 0 Å². The van der Waals surface area contributed by atoms with Crippen molar-refractivity contribution in [3.63, 3.8) is 0 Å². The number of halogens is 1. The number of thiazole rings is 1. The Hall–Kier alpha value is -2.64. The van der Waals surface area contributed by atoms with Gasteiger partial charge in [-0.1, -0.05) is 17.7 Å². The lowest BCUT2D eigenvalue weighted by molar-refractivity contribution is -0.384. The van der Waals surface area contributed by atoms with Crippen LogP contribution in [0, 0.1) is 10.1 Å². The van der Waals surface area contributed by atoms with Crippen molar-refractivity contribution >= 4 is 51.0 Å². The zero-order chi connectivity index (χ0) is 17.3. The van der Waals surface area contributed by atoms with Crippen molar-refractivity contribution in [3.05, 3.63) is 56.0 Å². The number of ether oxygens (including phenoxy) is 1. The number of hydrogen-bond donors (Lipinski definition) is 1. The van der Waals surface area contributed by atoms with Crippen LogP contribution in [0.3, 0.4) is 0 Å². The van der Waals surface area contributed by atoms with Crippen LogP contribution in [0.5, 0.6) is 11.5 Å². The fourth-order valence-corrected chi connectivity index (χ4v) is 3.25. The Bertz CT molecular complexity index is 968. The van der Waals surface area contributed by atoms with E-state index in [1.54, 1.807) is 30.4 Å². The van der Waals surface area contributed by atoms with Crippen LogP contribution >= 0.6 is 22.9 Å². The number of nitrogens with zero attached hydrogens (tertiary/aromatic N) is 2. The fourth-order valence-electron chi connectivity index (χ4n) is 2.13. The maximum absolute atomic E-state index is 10.8. The van der Waals surface area contributed by atoms with Gasteiger partial charge in [0.2, 0.25) is 0 Å². The number of non-ortho nitro benzene ring substituents is 1. The molecule has 0 amide bonds. The lowest BCUT2D eigenvalue weighted by Crippen LogP contribution is -1.86. The van der Waals surface area contributed by atoms with Gasteiger partial charge < -0.3 is 9.84 Å². The van der Waals surface area contributed by atoms with Gasteiger partial charge in [0.05, 0.1) is 27.3 Å². The number of phenols is 1. The number of methoxy groups -OCH3 is 1. The van der Waals surface area contributed by atoms with Gasteiger partial charge in [-0.15, -0.1) is 11.3 Å². The number of benzene rings is 2. The number of aromatic hydroxyl groups is 1. The molecule has 1 aromatic heterocycles. The Labute approximate surface area is 145 Å². The molecule has 0 saturated carbocycles. The van der Waals surface area contributed by atoms with E-state index >= 15 is 0 Å². The highest BCUT2D eigenvalue weighted by Crippen LogP contribution is 2.35. The Kier molecular flexibility index (Phi) is 4.37. The van der Waals surface area contributed by atoms with Crippen LogP contribution in [-0.4, -0.2) is 22.1 Å². The smallest absolute Gasteiger partial charge is 0.270 e. The summed E-state index contributed by atoms with van der Waals surface area (Å²) in [5.74, 6) is 0.172. The Morgan fingerprint density at radius 1 is 1.33 bits per heavy atom. The van der Waals surface area contributed by atoms with Crippen molar-refractivity contribution < 1.29 is 14.8 Å². The molecule has 0 radical (unpaired) electrons. The second-order valence-electron chi connectivity index (χ2n) is 4.85. The van der Waals surface area contributed by atoms with E-state index < -0.39 is 4.92 Å². The molecule has 8 heteroatoms. The molecule has 1 heterocycles. The van der Waals surface area contributed by atoms with E-state index in [0.717, 1.165) is 10.3 Å². The molecule has 3 rings (SSSR count). The third-order valence-corrected chi connectivity index (χ3v) is 4.56. The predicted molar refractivity (Wildman–Crippen MR) is 94.9 cm³/mol. The molecule has 3 aromatic rings. The number of nitro benzene ring substituents is 1. The molecule has 0 atom stereocenters. The van der Waals surface area contributed by atoms with Crippen LogP contribution in [0.2, 0.25) is 5.02 Å². The van der Waals surface area contributed by atoms with Crippen LogP contribution in [0.15, 0.2) is 30.3 Å². The number of nitro groups is 1. The summed E-state index contributed by atoms with van der Waals surface area (Å²) in [5.41, 5.74) is 1.48. The van der Waals surface area contributed by atoms with Gasteiger partial charge in [-0.25, -0.2) is 4.98 Å². The minimum Gasteiger partial charge on any atom is -0.503 e. The van der Waals surface area contributed by atoms with Crippen molar-refractivity contribution in [2.75, 3.05) is 7.11 Å². The third-order valence-electron chi connectivity index (χ3n) is 3.29. The average Bonchev–Trinajstić information content (AvgIpc) is 2.97. The normalized spacial score (nSPS) is 11.2. The first-order valence-electron chi connectivity index (χ1n) is 6.77. The van der Waals surface area contributed by atoms with Crippen LogP contribution in [-0.2, 0) is 0 Å². The topological polar surface area (TPSA) is 85.5 Å². The van der Waals surface area contributed by atoms with Crippen molar-refractivity contribution in [1.29, 1.82) is 0 Å². The Morgan fingerprint density at radius 3 is 2.83 bits per heavy atom. The van der Waals surface area contributed by atoms with E-state index in [9.17, 15) is 15.2 Å². The Balaban J connectivity index is 1.93. The van der Waals surface area contributed by atoms with E-state index in [-0.39, 0.29) is 22.2 Å². The monoisotopic (exact) mass is 362 g/mol. The molecule has 6 nitrogen and oxygen atoms in total. The number of aromatic nitrogens is 1. The molecule has 24 heavy (non-hydrogen) atoms. The molecule has 0 bridgehead atoms. The molecule has 0 saturated heterocycles. The van der Waals surface area contributed by atoms with E-state index in [0.29, 0.717) is 10.5 Å². The highest BCUT2D eigenvalue weighted by Gasteiger charge is 2.10. The zero-order valence-corrected chi connectivity index (χ0v) is 14.0. The number of fused-ring (bicyclic) bond motifs is 1. The standard InChI is InChI=1S/C16H11ClN2O4S/c1-23-13-7-9(6-11(17)16(13)20)2-5-15-18-12-4-3-10(19(21)22)8-14(12)24-15/h2-8,20H,1H3. The predicted octanol–water partition coefficient (Wildman–Crippen LogP) is 4.74. The molecule has 1 N–H and O–H groups in total. The minimum absolute atomic E-state index is 0.0386. The highest BCUT2D eigenvalue weighted by atomic mass is 35.5. The van der Waals surface area contributed by atoms with Crippen molar-refractivity contribution in [1.82, 2.24) is 4.98 Å². The Morgan fingerprint density at radius 2 is 2.12 bits per heavy atom. The summed E-state index contributed by atoms with van der Waals surface area (Å²) in [4.78, 5) is 14.8. The van der Waals surface area contributed by atoms with Crippen molar-refractivity contribution in [2.45, 2.75) is 0 Å². The zero-order valence-electron chi connectivity index (χ0n) is 12.4. The quantitative estimate of drug-likeness (QED) is 0.535. The molecule has 0 spiro atoms. The van der Waals surface area contributed by atoms with Gasteiger partial charge in [-0.3, -0.25) is 10.1 Å². The first-order valence-corrected chi connectivity index (χ1v) is 7.97. The SMILES string of the molecule is COc1cc(C=Cc2nc3ccc([N+](=O)[O-])cc3s2)cc(Cl)c1O. The van der Waals surface area contributed by atoms with Gasteiger partial charge in [0.1, 0.15) is 5.01 Å². The molecular formula is C16H11ClN2O4S. The summed E-state index contributed by atoms with van der Waals surface area (Å²) in [6.07, 6.45) is 3.55. The number of phenolic OH excluding ortho intramolecular Hbond substituents is 1. The van der Waals surface area contributed by atoms with Crippen LogP contribution in [0.4, 0.5) is 5.69 Å². The first kappa shape index (κ1) is 16.2. The molecule has 0 aliphatic rings. The minimum atomic E-state index is -0.431.